The highest BCUT2D eigenvalue weighted by molar-refractivity contribution is 5.70. The molecule has 0 saturated heterocycles. The molecule has 1 unspecified atom stereocenters. The van der Waals surface area contributed by atoms with Crippen LogP contribution in [0.5, 0.6) is 0 Å². The largest absolute Gasteiger partial charge is 0.481 e. The third-order valence-corrected chi connectivity index (χ3v) is 9.97. The highest BCUT2D eigenvalue weighted by atomic mass is 16.7. The highest BCUT2D eigenvalue weighted by Gasteiger charge is 2.19. The molecule has 0 radical (unpaired) electrons. The van der Waals surface area contributed by atoms with Crippen molar-refractivity contribution in [2.75, 3.05) is 13.2 Å². The Morgan fingerprint density at radius 2 is 1.11 bits per heavy atom. The number of aliphatic hydroxyl groups is 1. The van der Waals surface area contributed by atoms with Gasteiger partial charge in [-0.3, -0.25) is 9.59 Å². The monoisotopic (exact) mass is 757 g/mol. The normalized spacial score (nSPS) is 12.4. The van der Waals surface area contributed by atoms with Crippen LogP contribution in [-0.2, 0) is 43.4 Å². The maximum Gasteiger partial charge on any atom is 0.306 e. The van der Waals surface area contributed by atoms with Gasteiger partial charge >= 0.3 is 11.9 Å². The Balaban J connectivity index is 2.53. The van der Waals surface area contributed by atoms with Crippen molar-refractivity contribution in [3.05, 3.63) is 59.2 Å². The van der Waals surface area contributed by atoms with Gasteiger partial charge in [0.1, 0.15) is 6.61 Å². The summed E-state index contributed by atoms with van der Waals surface area (Å²) >= 11 is 0. The molecule has 0 amide bonds. The number of aliphatic carboxylic acids is 1. The number of hydrogen-bond donors (Lipinski definition) is 2. The number of hydrogen-bond acceptors (Lipinski definition) is 6. The van der Waals surface area contributed by atoms with Gasteiger partial charge in [0, 0.05) is 19.6 Å². The smallest absolute Gasteiger partial charge is 0.306 e. The van der Waals surface area contributed by atoms with Crippen molar-refractivity contribution in [2.24, 2.45) is 5.92 Å². The first kappa shape index (κ1) is 49.5. The van der Waals surface area contributed by atoms with Crippen LogP contribution < -0.4 is 0 Å². The Bertz CT molecular complexity index is 1080. The van der Waals surface area contributed by atoms with E-state index in [0.717, 1.165) is 75.3 Å². The topological polar surface area (TPSA) is 102 Å². The van der Waals surface area contributed by atoms with Crippen LogP contribution in [0.15, 0.2) is 42.5 Å². The molecule has 1 rings (SSSR count). The molecule has 0 aromatic heterocycles. The molecule has 7 heteroatoms. The lowest BCUT2D eigenvalue weighted by Gasteiger charge is -2.19. The van der Waals surface area contributed by atoms with Crippen molar-refractivity contribution in [1.82, 2.24) is 0 Å². The fourth-order valence-corrected chi connectivity index (χ4v) is 6.64. The fraction of sp³-hybridized carbons (Fsp3) is 0.745. The molecular formula is C47H80O7. The summed E-state index contributed by atoms with van der Waals surface area (Å²) in [5.41, 5.74) is 2.29. The summed E-state index contributed by atoms with van der Waals surface area (Å²) in [5, 5.41) is 19.9. The summed E-state index contributed by atoms with van der Waals surface area (Å²) in [6.45, 7) is 7.84. The first-order chi connectivity index (χ1) is 26.4. The van der Waals surface area contributed by atoms with Crippen LogP contribution >= 0.6 is 0 Å². The van der Waals surface area contributed by atoms with Crippen molar-refractivity contribution < 1.29 is 34.0 Å². The number of carbonyl (C=O) groups is 2. The van der Waals surface area contributed by atoms with Crippen LogP contribution in [-0.4, -0.2) is 41.7 Å². The van der Waals surface area contributed by atoms with Gasteiger partial charge in [-0.2, -0.15) is 0 Å². The number of unbranched alkanes of at least 4 members (excludes halogenated alkanes) is 17. The molecule has 0 fully saturated rings. The Hall–Kier alpha value is -2.48. The predicted octanol–water partition coefficient (Wildman–Crippen LogP) is 12.7. The fourth-order valence-electron chi connectivity index (χ4n) is 6.64. The standard InChI is InChI=1S/C47H80O7/c1-4-7-10-13-16-17-18-19-20-21-22-23-24-27-30-44(47(50)51)38-41-35-42(39-48)37-43(36-41)40-54-45(49)31-32-46(52-33-28-25-14-11-8-5-2)53-34-29-26-15-12-9-6-3/h16-17,19-20,35-37,44,46,48H,4-15,18,21-34,38-40H2,1-3H3,(H,50,51)/b17-16-,20-19-. The predicted molar refractivity (Wildman–Crippen MR) is 223 cm³/mol. The maximum absolute atomic E-state index is 12.8. The third kappa shape index (κ3) is 28.9. The lowest BCUT2D eigenvalue weighted by atomic mass is 9.92. The number of rotatable bonds is 38. The number of carbonyl (C=O) groups excluding carboxylic acids is 1. The molecule has 0 aliphatic heterocycles. The molecule has 7 nitrogen and oxygen atoms in total. The Kier molecular flexibility index (Phi) is 33.2. The molecule has 2 N–H and O–H groups in total. The number of benzene rings is 1. The van der Waals surface area contributed by atoms with E-state index in [1.165, 1.54) is 77.0 Å². The second-order valence-electron chi connectivity index (χ2n) is 15.1. The SMILES string of the molecule is CCCCC/C=C\C/C=C\CCCCCCC(Cc1cc(CO)cc(COC(=O)CCC(OCCCCCCCC)OCCCCCCCC)c1)C(=O)O. The first-order valence-corrected chi connectivity index (χ1v) is 22.1. The molecular weight excluding hydrogens is 677 g/mol. The van der Waals surface area contributed by atoms with Crippen LogP contribution in [0.2, 0.25) is 0 Å². The van der Waals surface area contributed by atoms with Crippen molar-refractivity contribution in [3.8, 4) is 0 Å². The van der Waals surface area contributed by atoms with Gasteiger partial charge < -0.3 is 24.4 Å². The van der Waals surface area contributed by atoms with Crippen molar-refractivity contribution in [1.29, 1.82) is 0 Å². The van der Waals surface area contributed by atoms with Crippen LogP contribution in [0.4, 0.5) is 0 Å². The molecule has 0 bridgehead atoms. The van der Waals surface area contributed by atoms with E-state index < -0.39 is 18.2 Å². The second kappa shape index (κ2) is 36.2. The van der Waals surface area contributed by atoms with E-state index in [-0.39, 0.29) is 25.6 Å². The van der Waals surface area contributed by atoms with Crippen molar-refractivity contribution in [3.63, 3.8) is 0 Å². The summed E-state index contributed by atoms with van der Waals surface area (Å²) in [7, 11) is 0. The van der Waals surface area contributed by atoms with E-state index in [1.54, 1.807) is 0 Å². The summed E-state index contributed by atoms with van der Waals surface area (Å²) in [6, 6.07) is 5.59. The van der Waals surface area contributed by atoms with Crippen LogP contribution in [0, 0.1) is 5.92 Å². The van der Waals surface area contributed by atoms with Gasteiger partial charge in [-0.1, -0.05) is 160 Å². The Morgan fingerprint density at radius 1 is 0.611 bits per heavy atom. The van der Waals surface area contributed by atoms with E-state index in [0.29, 0.717) is 38.0 Å². The van der Waals surface area contributed by atoms with Gasteiger partial charge in [0.25, 0.3) is 0 Å². The molecule has 0 aliphatic rings. The molecule has 54 heavy (non-hydrogen) atoms. The van der Waals surface area contributed by atoms with Crippen LogP contribution in [0.25, 0.3) is 0 Å². The van der Waals surface area contributed by atoms with Gasteiger partial charge in [-0.15, -0.1) is 0 Å². The molecule has 0 saturated carbocycles. The number of allylic oxidation sites excluding steroid dienone is 4. The minimum atomic E-state index is -0.796. The molecule has 1 aromatic rings. The second-order valence-corrected chi connectivity index (χ2v) is 15.1. The zero-order chi connectivity index (χ0) is 39.3. The number of ether oxygens (including phenoxy) is 3. The average molecular weight is 757 g/mol. The highest BCUT2D eigenvalue weighted by Crippen LogP contribution is 2.21. The lowest BCUT2D eigenvalue weighted by molar-refractivity contribution is -0.160. The van der Waals surface area contributed by atoms with Crippen LogP contribution in [0.3, 0.4) is 0 Å². The molecule has 1 aromatic carbocycles. The molecule has 1 atom stereocenters. The number of carboxylic acids is 1. The van der Waals surface area contributed by atoms with Gasteiger partial charge in [0.05, 0.1) is 18.9 Å². The summed E-state index contributed by atoms with van der Waals surface area (Å²) in [5.74, 6) is -1.62. The lowest BCUT2D eigenvalue weighted by Crippen LogP contribution is -2.21. The minimum Gasteiger partial charge on any atom is -0.481 e. The number of aliphatic hydroxyl groups excluding tert-OH is 1. The van der Waals surface area contributed by atoms with Crippen LogP contribution in [0.1, 0.15) is 198 Å². The molecule has 0 aliphatic carbocycles. The summed E-state index contributed by atoms with van der Waals surface area (Å²) in [4.78, 5) is 25.0. The molecule has 0 heterocycles. The van der Waals surface area contributed by atoms with Crippen molar-refractivity contribution in [2.45, 2.75) is 207 Å². The summed E-state index contributed by atoms with van der Waals surface area (Å²) in [6.07, 6.45) is 35.7. The van der Waals surface area contributed by atoms with Gasteiger partial charge in [-0.25, -0.2) is 0 Å². The maximum atomic E-state index is 12.8. The average Bonchev–Trinajstić information content (AvgIpc) is 3.17. The van der Waals surface area contributed by atoms with E-state index in [9.17, 15) is 19.8 Å². The number of esters is 1. The Labute approximate surface area is 330 Å². The zero-order valence-electron chi connectivity index (χ0n) is 34.8. The minimum absolute atomic E-state index is 0.0724. The third-order valence-electron chi connectivity index (χ3n) is 9.97. The van der Waals surface area contributed by atoms with Crippen molar-refractivity contribution >= 4 is 11.9 Å². The number of carboxylic acid groups (broad SMARTS) is 1. The van der Waals surface area contributed by atoms with Gasteiger partial charge in [0.15, 0.2) is 6.29 Å². The molecule has 0 spiro atoms. The van der Waals surface area contributed by atoms with E-state index in [4.69, 9.17) is 14.2 Å². The van der Waals surface area contributed by atoms with Gasteiger partial charge in [0.2, 0.25) is 0 Å². The molecule has 310 valence electrons. The summed E-state index contributed by atoms with van der Waals surface area (Å²) < 4.78 is 17.8. The quantitative estimate of drug-likeness (QED) is 0.0300. The zero-order valence-corrected chi connectivity index (χ0v) is 34.8. The van der Waals surface area contributed by atoms with Gasteiger partial charge in [-0.05, 0) is 74.5 Å². The van der Waals surface area contributed by atoms with E-state index >= 15 is 0 Å². The van der Waals surface area contributed by atoms with E-state index in [1.807, 2.05) is 18.2 Å². The first-order valence-electron chi connectivity index (χ1n) is 22.1. The Morgan fingerprint density at radius 3 is 1.70 bits per heavy atom. The van der Waals surface area contributed by atoms with E-state index in [2.05, 4.69) is 45.1 Å².